The van der Waals surface area contributed by atoms with Crippen molar-refractivity contribution < 1.29 is 8.95 Å². The van der Waals surface area contributed by atoms with Gasteiger partial charge in [-0.3, -0.25) is 9.63 Å². The number of rotatable bonds is 7. The molecule has 0 bridgehead atoms. The monoisotopic (exact) mass is 260 g/mol. The van der Waals surface area contributed by atoms with Gasteiger partial charge in [0.05, 0.1) is 7.11 Å². The molecule has 1 atom stereocenters. The molecule has 1 aromatic heterocycles. The number of hydrogen-bond donors (Lipinski definition) is 3. The highest BCUT2D eigenvalue weighted by Crippen LogP contribution is 2.09. The lowest BCUT2D eigenvalue weighted by Gasteiger charge is -2.07. The van der Waals surface area contributed by atoms with Crippen LogP contribution in [-0.2, 0) is 10.8 Å². The molecule has 1 heterocycles. The number of nitrogens with two attached hydrogens (primary N) is 1. The van der Waals surface area contributed by atoms with E-state index < -0.39 is 10.8 Å². The Bertz CT molecular complexity index is 366. The third kappa shape index (κ3) is 4.91. The zero-order chi connectivity index (χ0) is 12.7. The predicted octanol–water partition coefficient (Wildman–Crippen LogP) is -0.654. The number of methoxy groups -OCH3 is 1. The minimum atomic E-state index is -0.786. The van der Waals surface area contributed by atoms with Crippen molar-refractivity contribution in [3.05, 3.63) is 0 Å². The van der Waals surface area contributed by atoms with E-state index in [1.807, 2.05) is 0 Å². The topological polar surface area (TPSA) is 115 Å². The number of nitrogens with one attached hydrogen (secondary N) is 2. The van der Waals surface area contributed by atoms with Gasteiger partial charge in [-0.15, -0.1) is 0 Å². The van der Waals surface area contributed by atoms with E-state index in [-0.39, 0.29) is 12.0 Å². The maximum absolute atomic E-state index is 10.9. The van der Waals surface area contributed by atoms with E-state index in [1.54, 1.807) is 6.26 Å². The minimum absolute atomic E-state index is 0.175. The molecule has 0 aliphatic carbocycles. The second kappa shape index (κ2) is 6.97. The molecule has 0 saturated carbocycles. The Morgan fingerprint density at radius 3 is 2.65 bits per heavy atom. The third-order valence-corrected chi connectivity index (χ3v) is 2.68. The van der Waals surface area contributed by atoms with Gasteiger partial charge in [0.2, 0.25) is 11.9 Å². The highest BCUT2D eigenvalue weighted by Gasteiger charge is 2.05. The Labute approximate surface area is 102 Å². The number of hydrazine groups is 1. The molecule has 0 fully saturated rings. The van der Waals surface area contributed by atoms with Crippen LogP contribution in [0.4, 0.5) is 11.9 Å². The number of ether oxygens (including phenoxy) is 1. The number of anilines is 2. The fourth-order valence-electron chi connectivity index (χ4n) is 1.07. The highest BCUT2D eigenvalue weighted by molar-refractivity contribution is 7.84. The first-order valence-electron chi connectivity index (χ1n) is 4.96. The molecule has 4 N–H and O–H groups in total. The van der Waals surface area contributed by atoms with E-state index in [2.05, 4.69) is 25.7 Å². The van der Waals surface area contributed by atoms with Gasteiger partial charge in [-0.2, -0.15) is 15.0 Å². The smallest absolute Gasteiger partial charge is 0.322 e. The van der Waals surface area contributed by atoms with Crippen LogP contribution in [0, 0.1) is 0 Å². The van der Waals surface area contributed by atoms with E-state index in [0.29, 0.717) is 18.2 Å². The lowest BCUT2D eigenvalue weighted by Crippen LogP contribution is -2.15. The molecule has 0 spiro atoms. The quantitative estimate of drug-likeness (QED) is 0.336. The molecule has 9 heteroatoms. The Kier molecular flexibility index (Phi) is 5.57. The van der Waals surface area contributed by atoms with Crippen LogP contribution < -0.4 is 21.3 Å². The SMILES string of the molecule is COc1nc(NN)nc(NCCCS(C)=O)n1. The van der Waals surface area contributed by atoms with Gasteiger partial charge >= 0.3 is 6.01 Å². The summed E-state index contributed by atoms with van der Waals surface area (Å²) >= 11 is 0. The molecule has 8 nitrogen and oxygen atoms in total. The van der Waals surface area contributed by atoms with Gasteiger partial charge in [-0.05, 0) is 6.42 Å². The molecular weight excluding hydrogens is 244 g/mol. The average molecular weight is 260 g/mol. The van der Waals surface area contributed by atoms with Crippen LogP contribution in [0.2, 0.25) is 0 Å². The predicted molar refractivity (Wildman–Crippen MR) is 66.2 cm³/mol. The first-order chi connectivity index (χ1) is 8.15. The zero-order valence-corrected chi connectivity index (χ0v) is 10.6. The fraction of sp³-hybridized carbons (Fsp3) is 0.625. The summed E-state index contributed by atoms with van der Waals surface area (Å²) in [5, 5.41) is 2.98. The molecular formula is C8H16N6O2S. The summed E-state index contributed by atoms with van der Waals surface area (Å²) in [6, 6.07) is 0.175. The van der Waals surface area contributed by atoms with Crippen LogP contribution in [0.15, 0.2) is 0 Å². The van der Waals surface area contributed by atoms with Gasteiger partial charge in [-0.1, -0.05) is 0 Å². The van der Waals surface area contributed by atoms with Crippen molar-refractivity contribution in [1.82, 2.24) is 15.0 Å². The van der Waals surface area contributed by atoms with Gasteiger partial charge in [0, 0.05) is 29.4 Å². The third-order valence-electron chi connectivity index (χ3n) is 1.82. The van der Waals surface area contributed by atoms with Gasteiger partial charge in [0.15, 0.2) is 0 Å². The van der Waals surface area contributed by atoms with E-state index in [4.69, 9.17) is 10.6 Å². The summed E-state index contributed by atoms with van der Waals surface area (Å²) in [5.74, 6) is 6.43. The standard InChI is InChI=1S/C8H16N6O2S/c1-16-8-12-6(11-7(13-8)14-9)10-4-3-5-17(2)15/h3-5,9H2,1-2H3,(H2,10,11,12,13,14). The summed E-state index contributed by atoms with van der Waals surface area (Å²) in [5.41, 5.74) is 2.32. The van der Waals surface area contributed by atoms with Gasteiger partial charge < -0.3 is 10.1 Å². The van der Waals surface area contributed by atoms with Gasteiger partial charge in [-0.25, -0.2) is 5.84 Å². The molecule has 0 aliphatic rings. The van der Waals surface area contributed by atoms with Gasteiger partial charge in [0.25, 0.3) is 0 Å². The molecule has 17 heavy (non-hydrogen) atoms. The lowest BCUT2D eigenvalue weighted by atomic mass is 10.5. The van der Waals surface area contributed by atoms with Crippen molar-refractivity contribution in [3.63, 3.8) is 0 Å². The summed E-state index contributed by atoms with van der Waals surface area (Å²) in [4.78, 5) is 11.8. The number of aromatic nitrogens is 3. The van der Waals surface area contributed by atoms with Crippen LogP contribution in [0.3, 0.4) is 0 Å². The van der Waals surface area contributed by atoms with Crippen molar-refractivity contribution in [3.8, 4) is 6.01 Å². The van der Waals surface area contributed by atoms with E-state index in [9.17, 15) is 4.21 Å². The van der Waals surface area contributed by atoms with Crippen molar-refractivity contribution in [2.45, 2.75) is 6.42 Å². The summed E-state index contributed by atoms with van der Waals surface area (Å²) in [6.45, 7) is 0.622. The number of nitrogens with zero attached hydrogens (tertiary/aromatic N) is 3. The van der Waals surface area contributed by atoms with Crippen LogP contribution in [0.25, 0.3) is 0 Å². The van der Waals surface area contributed by atoms with Crippen LogP contribution in [0.1, 0.15) is 6.42 Å². The second-order valence-corrected chi connectivity index (χ2v) is 4.73. The molecule has 0 amide bonds. The van der Waals surface area contributed by atoms with Crippen LogP contribution >= 0.6 is 0 Å². The minimum Gasteiger partial charge on any atom is -0.467 e. The molecule has 0 saturated heterocycles. The molecule has 1 rings (SSSR count). The molecule has 1 unspecified atom stereocenters. The zero-order valence-electron chi connectivity index (χ0n) is 9.77. The van der Waals surface area contributed by atoms with Crippen molar-refractivity contribution in [2.75, 3.05) is 36.4 Å². The second-order valence-electron chi connectivity index (χ2n) is 3.17. The first kappa shape index (κ1) is 13.6. The molecule has 0 aromatic carbocycles. The Morgan fingerprint density at radius 1 is 1.35 bits per heavy atom. The molecule has 0 radical (unpaired) electrons. The number of hydrogen-bond acceptors (Lipinski definition) is 8. The normalized spacial score (nSPS) is 11.9. The maximum atomic E-state index is 10.9. The largest absolute Gasteiger partial charge is 0.467 e. The lowest BCUT2D eigenvalue weighted by molar-refractivity contribution is 0.379. The van der Waals surface area contributed by atoms with Crippen molar-refractivity contribution >= 4 is 22.7 Å². The molecule has 96 valence electrons. The Morgan fingerprint density at radius 2 is 2.06 bits per heavy atom. The van der Waals surface area contributed by atoms with Crippen LogP contribution in [0.5, 0.6) is 6.01 Å². The summed E-state index contributed by atoms with van der Waals surface area (Å²) < 4.78 is 15.7. The Hall–Kier alpha value is -1.48. The highest BCUT2D eigenvalue weighted by atomic mass is 32.2. The molecule has 0 aliphatic heterocycles. The summed E-state index contributed by atoms with van der Waals surface area (Å²) in [7, 11) is 0.672. The van der Waals surface area contributed by atoms with Gasteiger partial charge in [0.1, 0.15) is 0 Å². The maximum Gasteiger partial charge on any atom is 0.322 e. The van der Waals surface area contributed by atoms with E-state index in [1.165, 1.54) is 7.11 Å². The van der Waals surface area contributed by atoms with Crippen LogP contribution in [-0.4, -0.2) is 44.8 Å². The number of nitrogen functional groups attached to an aromatic ring is 1. The van der Waals surface area contributed by atoms with E-state index >= 15 is 0 Å². The van der Waals surface area contributed by atoms with Crippen molar-refractivity contribution in [1.29, 1.82) is 0 Å². The van der Waals surface area contributed by atoms with E-state index in [0.717, 1.165) is 6.42 Å². The summed E-state index contributed by atoms with van der Waals surface area (Å²) in [6.07, 6.45) is 2.44. The average Bonchev–Trinajstić information content (AvgIpc) is 2.34. The van der Waals surface area contributed by atoms with Crippen molar-refractivity contribution in [2.24, 2.45) is 5.84 Å². The Balaban J connectivity index is 2.54. The first-order valence-corrected chi connectivity index (χ1v) is 6.69. The fourth-order valence-corrected chi connectivity index (χ4v) is 1.62. The molecule has 1 aromatic rings.